The molecule has 1 aromatic heterocycles. The minimum absolute atomic E-state index is 1.13. The van der Waals surface area contributed by atoms with E-state index in [4.69, 9.17) is 0 Å². The van der Waals surface area contributed by atoms with Gasteiger partial charge in [-0.25, -0.2) is 0 Å². The van der Waals surface area contributed by atoms with E-state index in [0.717, 1.165) is 5.01 Å². The maximum Gasteiger partial charge on any atom is 0.0893 e. The Morgan fingerprint density at radius 3 is 1.91 bits per heavy atom. The molecule has 1 nitrogen and oxygen atoms in total. The molecule has 0 aliphatic heterocycles. The molecule has 66 valence electrons. The third kappa shape index (κ3) is 12.8. The van der Waals surface area contributed by atoms with E-state index in [-0.39, 0.29) is 0 Å². The first-order valence-corrected chi connectivity index (χ1v) is 5.05. The van der Waals surface area contributed by atoms with Gasteiger partial charge in [0.1, 0.15) is 0 Å². The van der Waals surface area contributed by atoms with Crippen molar-refractivity contribution in [3.63, 3.8) is 0 Å². The van der Waals surface area contributed by atoms with Crippen LogP contribution in [0, 0.1) is 6.92 Å². The maximum absolute atomic E-state index is 3.94. The highest BCUT2D eigenvalue weighted by molar-refractivity contribution is 7.09. The summed E-state index contributed by atoms with van der Waals surface area (Å²) in [6.45, 7) is 10.2. The molecule has 0 aromatic carbocycles. The highest BCUT2D eigenvalue weighted by Crippen LogP contribution is 1.98. The van der Waals surface area contributed by atoms with Gasteiger partial charge < -0.3 is 0 Å². The monoisotopic (exact) mass is 173 g/mol. The van der Waals surface area contributed by atoms with E-state index in [9.17, 15) is 0 Å². The molecule has 2 heteroatoms. The van der Waals surface area contributed by atoms with E-state index in [1.807, 2.05) is 26.2 Å². The van der Waals surface area contributed by atoms with Gasteiger partial charge in [0, 0.05) is 11.6 Å². The van der Waals surface area contributed by atoms with E-state index >= 15 is 0 Å². The molecule has 0 spiro atoms. The first-order chi connectivity index (χ1) is 5.31. The molecule has 0 N–H and O–H groups in total. The van der Waals surface area contributed by atoms with Crippen LogP contribution in [0.3, 0.4) is 0 Å². The van der Waals surface area contributed by atoms with Gasteiger partial charge in [-0.1, -0.05) is 34.1 Å². The minimum Gasteiger partial charge on any atom is -0.250 e. The SMILES string of the molecule is CC.CCC.Cc1nccs1. The van der Waals surface area contributed by atoms with Gasteiger partial charge in [-0.3, -0.25) is 4.98 Å². The quantitative estimate of drug-likeness (QED) is 0.580. The Kier molecular flexibility index (Phi) is 14.8. The molecule has 0 amide bonds. The molecule has 0 radical (unpaired) electrons. The molecule has 1 rings (SSSR count). The zero-order chi connectivity index (χ0) is 9.11. The predicted octanol–water partition coefficient (Wildman–Crippen LogP) is 3.89. The average molecular weight is 173 g/mol. The minimum atomic E-state index is 1.13. The van der Waals surface area contributed by atoms with Crippen molar-refractivity contribution in [3.05, 3.63) is 16.6 Å². The largest absolute Gasteiger partial charge is 0.250 e. The summed E-state index contributed by atoms with van der Waals surface area (Å²) in [4.78, 5) is 3.94. The lowest BCUT2D eigenvalue weighted by Gasteiger charge is -1.65. The highest BCUT2D eigenvalue weighted by Gasteiger charge is 1.76. The molecule has 0 unspecified atom stereocenters. The van der Waals surface area contributed by atoms with Crippen LogP contribution in [0.2, 0.25) is 0 Å². The number of hydrogen-bond acceptors (Lipinski definition) is 2. The van der Waals surface area contributed by atoms with Crippen LogP contribution in [0.1, 0.15) is 39.1 Å². The fourth-order valence-electron chi connectivity index (χ4n) is 0.295. The molecule has 0 aliphatic carbocycles. The highest BCUT2D eigenvalue weighted by atomic mass is 32.1. The molecule has 0 fully saturated rings. The fourth-order valence-corrected chi connectivity index (χ4v) is 0.735. The lowest BCUT2D eigenvalue weighted by atomic mass is 10.6. The Bertz CT molecular complexity index is 124. The standard InChI is InChI=1S/C4H5NS.C3H8.C2H6/c1-4-5-2-3-6-4;1-3-2;1-2/h2-3H,1H3;3H2,1-2H3;1-2H3. The number of thiazole rings is 1. The van der Waals surface area contributed by atoms with Gasteiger partial charge in [-0.15, -0.1) is 11.3 Å². The van der Waals surface area contributed by atoms with Crippen LogP contribution in [-0.4, -0.2) is 4.98 Å². The molecule has 0 saturated heterocycles. The lowest BCUT2D eigenvalue weighted by molar-refractivity contribution is 1.09. The number of rotatable bonds is 0. The Morgan fingerprint density at radius 2 is 1.82 bits per heavy atom. The second kappa shape index (κ2) is 12.3. The van der Waals surface area contributed by atoms with Crippen molar-refractivity contribution in [3.8, 4) is 0 Å². The average Bonchev–Trinajstić information content (AvgIpc) is 2.46. The number of hydrogen-bond donors (Lipinski definition) is 0. The van der Waals surface area contributed by atoms with Crippen LogP contribution in [0.15, 0.2) is 11.6 Å². The lowest BCUT2D eigenvalue weighted by Crippen LogP contribution is -1.56. The van der Waals surface area contributed by atoms with Gasteiger partial charge in [-0.05, 0) is 6.92 Å². The van der Waals surface area contributed by atoms with Crippen molar-refractivity contribution in [2.24, 2.45) is 0 Å². The fraction of sp³-hybridized carbons (Fsp3) is 0.667. The van der Waals surface area contributed by atoms with Crippen molar-refractivity contribution in [1.82, 2.24) is 4.98 Å². The first kappa shape index (κ1) is 13.2. The van der Waals surface area contributed by atoms with Crippen LogP contribution in [0.5, 0.6) is 0 Å². The second-order valence-electron chi connectivity index (χ2n) is 1.76. The zero-order valence-corrected chi connectivity index (χ0v) is 9.03. The smallest absolute Gasteiger partial charge is 0.0893 e. The Hall–Kier alpha value is -0.370. The van der Waals surface area contributed by atoms with Crippen molar-refractivity contribution in [2.45, 2.75) is 41.0 Å². The molecule has 0 saturated carbocycles. The van der Waals surface area contributed by atoms with Gasteiger partial charge >= 0.3 is 0 Å². The summed E-state index contributed by atoms with van der Waals surface area (Å²) in [6.07, 6.45) is 3.06. The molecule has 1 aromatic rings. The molecule has 0 atom stereocenters. The van der Waals surface area contributed by atoms with Gasteiger partial charge in [-0.2, -0.15) is 0 Å². The Morgan fingerprint density at radius 1 is 1.36 bits per heavy atom. The summed E-state index contributed by atoms with van der Waals surface area (Å²) in [5.41, 5.74) is 0. The first-order valence-electron chi connectivity index (χ1n) is 4.17. The van der Waals surface area contributed by atoms with Crippen molar-refractivity contribution >= 4 is 11.3 Å². The van der Waals surface area contributed by atoms with Crippen molar-refractivity contribution in [2.75, 3.05) is 0 Å². The summed E-state index contributed by atoms with van der Waals surface area (Å²) in [5, 5.41) is 3.10. The van der Waals surface area contributed by atoms with Crippen LogP contribution in [0.4, 0.5) is 0 Å². The molecular formula is C9H19NS. The molecule has 11 heavy (non-hydrogen) atoms. The molecule has 0 bridgehead atoms. The van der Waals surface area contributed by atoms with Gasteiger partial charge in [0.15, 0.2) is 0 Å². The van der Waals surface area contributed by atoms with Crippen LogP contribution in [-0.2, 0) is 0 Å². The van der Waals surface area contributed by atoms with Crippen molar-refractivity contribution in [1.29, 1.82) is 0 Å². The predicted molar refractivity (Wildman–Crippen MR) is 54.2 cm³/mol. The van der Waals surface area contributed by atoms with Gasteiger partial charge in [0.05, 0.1) is 5.01 Å². The zero-order valence-electron chi connectivity index (χ0n) is 8.22. The Labute approximate surface area is 74.5 Å². The molecule has 0 aliphatic rings. The molecular weight excluding hydrogens is 154 g/mol. The number of aryl methyl sites for hydroxylation is 1. The number of nitrogens with zero attached hydrogens (tertiary/aromatic N) is 1. The molecule has 1 heterocycles. The van der Waals surface area contributed by atoms with E-state index in [0.29, 0.717) is 0 Å². The van der Waals surface area contributed by atoms with E-state index in [1.165, 1.54) is 6.42 Å². The van der Waals surface area contributed by atoms with Crippen LogP contribution < -0.4 is 0 Å². The van der Waals surface area contributed by atoms with Gasteiger partial charge in [0.2, 0.25) is 0 Å². The summed E-state index contributed by atoms with van der Waals surface area (Å²) < 4.78 is 0. The van der Waals surface area contributed by atoms with Gasteiger partial charge in [0.25, 0.3) is 0 Å². The summed E-state index contributed by atoms with van der Waals surface area (Å²) in [7, 11) is 0. The summed E-state index contributed by atoms with van der Waals surface area (Å²) >= 11 is 1.67. The van der Waals surface area contributed by atoms with E-state index < -0.39 is 0 Å². The maximum atomic E-state index is 3.94. The Balaban J connectivity index is 0. The summed E-state index contributed by atoms with van der Waals surface area (Å²) in [6, 6.07) is 0. The normalized spacial score (nSPS) is 7.00. The van der Waals surface area contributed by atoms with E-state index in [2.05, 4.69) is 18.8 Å². The third-order valence-electron chi connectivity index (χ3n) is 0.556. The second-order valence-corrected chi connectivity index (χ2v) is 2.86. The van der Waals surface area contributed by atoms with Crippen LogP contribution >= 0.6 is 11.3 Å². The summed E-state index contributed by atoms with van der Waals surface area (Å²) in [5.74, 6) is 0. The topological polar surface area (TPSA) is 12.9 Å². The van der Waals surface area contributed by atoms with Crippen molar-refractivity contribution < 1.29 is 0 Å². The number of aromatic nitrogens is 1. The van der Waals surface area contributed by atoms with Crippen LogP contribution in [0.25, 0.3) is 0 Å². The van der Waals surface area contributed by atoms with E-state index in [1.54, 1.807) is 17.5 Å². The third-order valence-corrected chi connectivity index (χ3v) is 1.26.